The van der Waals surface area contributed by atoms with Crippen LogP contribution in [0.3, 0.4) is 0 Å². The largest absolute Gasteiger partial charge is 0.541 e. The molecule has 0 heterocycles. The van der Waals surface area contributed by atoms with E-state index in [4.69, 9.17) is 8.85 Å². The lowest BCUT2D eigenvalue weighted by molar-refractivity contribution is 0.281. The van der Waals surface area contributed by atoms with Crippen LogP contribution in [-0.2, 0) is 6.61 Å². The van der Waals surface area contributed by atoms with Gasteiger partial charge in [0.25, 0.3) is 16.6 Å². The van der Waals surface area contributed by atoms with Gasteiger partial charge in [0.15, 0.2) is 0 Å². The second-order valence-electron chi connectivity index (χ2n) is 9.66. The fourth-order valence-corrected chi connectivity index (χ4v) is 3.71. The van der Waals surface area contributed by atoms with Crippen LogP contribution in [0.2, 0.25) is 36.3 Å². The summed E-state index contributed by atoms with van der Waals surface area (Å²) in [4.78, 5) is 0. The topological polar surface area (TPSA) is 38.7 Å². The summed E-state index contributed by atoms with van der Waals surface area (Å²) in [6.45, 7) is 22.3. The van der Waals surface area contributed by atoms with E-state index in [0.717, 1.165) is 17.1 Å². The summed E-state index contributed by atoms with van der Waals surface area (Å²) in [6, 6.07) is 5.80. The molecule has 1 aromatic carbocycles. The molecule has 0 unspecified atom stereocenters. The van der Waals surface area contributed by atoms with Gasteiger partial charge in [-0.15, -0.1) is 0 Å². The Hall–Kier alpha value is -0.786. The Balaban J connectivity index is 3.28. The van der Waals surface area contributed by atoms with Crippen molar-refractivity contribution in [3.8, 4) is 11.5 Å². The molecule has 0 aliphatic carbocycles. The third-order valence-electron chi connectivity index (χ3n) is 5.53. The van der Waals surface area contributed by atoms with Crippen LogP contribution < -0.4 is 8.85 Å². The summed E-state index contributed by atoms with van der Waals surface area (Å²) in [7, 11) is -3.93. The first-order chi connectivity index (χ1) is 10.6. The Labute approximate surface area is 150 Å². The molecular formula is C19H36O3Si2. The third kappa shape index (κ3) is 4.86. The number of aliphatic hydroxyl groups excluding tert-OH is 1. The van der Waals surface area contributed by atoms with Crippen LogP contribution in [0.5, 0.6) is 11.5 Å². The zero-order valence-corrected chi connectivity index (χ0v) is 19.2. The van der Waals surface area contributed by atoms with E-state index in [1.807, 2.05) is 18.2 Å². The van der Waals surface area contributed by atoms with E-state index in [1.54, 1.807) is 0 Å². The van der Waals surface area contributed by atoms with Crippen LogP contribution in [0.15, 0.2) is 18.2 Å². The number of rotatable bonds is 5. The van der Waals surface area contributed by atoms with E-state index < -0.39 is 16.6 Å². The van der Waals surface area contributed by atoms with Crippen LogP contribution in [0.1, 0.15) is 47.1 Å². The van der Waals surface area contributed by atoms with E-state index in [1.165, 1.54) is 0 Å². The van der Waals surface area contributed by atoms with E-state index in [2.05, 4.69) is 67.7 Å². The molecule has 0 saturated carbocycles. The highest BCUT2D eigenvalue weighted by atomic mass is 28.4. The molecule has 0 aromatic heterocycles. The first-order valence-corrected chi connectivity index (χ1v) is 14.5. The smallest absolute Gasteiger partial charge is 0.250 e. The van der Waals surface area contributed by atoms with Gasteiger partial charge >= 0.3 is 0 Å². The molecule has 0 aliphatic heterocycles. The Bertz CT molecular complexity index is 567. The summed E-state index contributed by atoms with van der Waals surface area (Å²) in [5, 5.41) is 9.73. The molecular weight excluding hydrogens is 332 g/mol. The molecule has 1 rings (SSSR count). The first kappa shape index (κ1) is 21.3. The minimum atomic E-state index is -1.98. The molecule has 0 aliphatic rings. The summed E-state index contributed by atoms with van der Waals surface area (Å²) >= 11 is 0. The van der Waals surface area contributed by atoms with Crippen molar-refractivity contribution in [3.63, 3.8) is 0 Å². The Morgan fingerprint density at radius 3 is 1.58 bits per heavy atom. The summed E-state index contributed by atoms with van der Waals surface area (Å²) in [6.07, 6.45) is 0. The molecule has 0 radical (unpaired) electrons. The van der Waals surface area contributed by atoms with Crippen molar-refractivity contribution in [1.82, 2.24) is 0 Å². The molecule has 1 N–H and O–H groups in total. The van der Waals surface area contributed by atoms with Crippen molar-refractivity contribution in [2.75, 3.05) is 0 Å². The van der Waals surface area contributed by atoms with Crippen LogP contribution >= 0.6 is 0 Å². The zero-order chi connectivity index (χ0) is 19.0. The number of hydrogen-bond donors (Lipinski definition) is 1. The van der Waals surface area contributed by atoms with Gasteiger partial charge in [-0.2, -0.15) is 0 Å². The minimum absolute atomic E-state index is 0.00817. The monoisotopic (exact) mass is 368 g/mol. The van der Waals surface area contributed by atoms with Gasteiger partial charge in [0.2, 0.25) is 0 Å². The quantitative estimate of drug-likeness (QED) is 0.653. The molecule has 1 aromatic rings. The standard InChI is InChI=1S/C19H36O3Si2/c1-18(2,3)23(7,8)21-16-12-11-15(14-20)13-17(16)22-24(9,10)19(4,5)6/h11-13,20H,14H2,1-10H3. The van der Waals surface area contributed by atoms with Crippen LogP contribution in [0.4, 0.5) is 0 Å². The zero-order valence-electron chi connectivity index (χ0n) is 17.2. The molecule has 0 atom stereocenters. The van der Waals surface area contributed by atoms with Gasteiger partial charge in [0.05, 0.1) is 6.61 Å². The SMILES string of the molecule is CC(C)(C)[Si](C)(C)Oc1ccc(CO)cc1O[Si](C)(C)C(C)(C)C. The van der Waals surface area contributed by atoms with Crippen LogP contribution in [-0.4, -0.2) is 21.7 Å². The molecule has 0 amide bonds. The van der Waals surface area contributed by atoms with E-state index in [-0.39, 0.29) is 16.7 Å². The second-order valence-corrected chi connectivity index (χ2v) is 19.1. The van der Waals surface area contributed by atoms with Gasteiger partial charge in [0, 0.05) is 0 Å². The maximum atomic E-state index is 9.50. The van der Waals surface area contributed by atoms with E-state index in [0.29, 0.717) is 0 Å². The fourth-order valence-electron chi connectivity index (χ4n) is 1.67. The number of hydrogen-bond acceptors (Lipinski definition) is 3. The predicted octanol–water partition coefficient (Wildman–Crippen LogP) is 5.95. The van der Waals surface area contributed by atoms with Crippen LogP contribution in [0, 0.1) is 0 Å². The Morgan fingerprint density at radius 1 is 0.792 bits per heavy atom. The lowest BCUT2D eigenvalue weighted by Gasteiger charge is -2.39. The third-order valence-corrected chi connectivity index (χ3v) is 14.2. The molecule has 0 bridgehead atoms. The van der Waals surface area contributed by atoms with Gasteiger partial charge in [-0.25, -0.2) is 0 Å². The lowest BCUT2D eigenvalue weighted by atomic mass is 10.2. The molecule has 0 saturated heterocycles. The summed E-state index contributed by atoms with van der Waals surface area (Å²) in [5.41, 5.74) is 0.853. The fraction of sp³-hybridized carbons (Fsp3) is 0.684. The van der Waals surface area contributed by atoms with Gasteiger partial charge in [-0.3, -0.25) is 0 Å². The van der Waals surface area contributed by atoms with Gasteiger partial charge in [-0.05, 0) is 54.0 Å². The van der Waals surface area contributed by atoms with Crippen molar-refractivity contribution in [1.29, 1.82) is 0 Å². The highest BCUT2D eigenvalue weighted by molar-refractivity contribution is 6.75. The highest BCUT2D eigenvalue weighted by Gasteiger charge is 2.42. The molecule has 5 heteroatoms. The van der Waals surface area contributed by atoms with Crippen molar-refractivity contribution >= 4 is 16.6 Å². The first-order valence-electron chi connectivity index (χ1n) is 8.72. The normalized spacial score (nSPS) is 13.8. The summed E-state index contributed by atoms with van der Waals surface area (Å²) in [5.74, 6) is 1.58. The average Bonchev–Trinajstić information content (AvgIpc) is 2.37. The van der Waals surface area contributed by atoms with Crippen molar-refractivity contribution in [3.05, 3.63) is 23.8 Å². The molecule has 0 spiro atoms. The summed E-state index contributed by atoms with van der Waals surface area (Å²) < 4.78 is 13.0. The Kier molecular flexibility index (Phi) is 6.06. The number of benzene rings is 1. The van der Waals surface area contributed by atoms with Crippen LogP contribution in [0.25, 0.3) is 0 Å². The maximum absolute atomic E-state index is 9.50. The van der Waals surface area contributed by atoms with E-state index in [9.17, 15) is 5.11 Å². The maximum Gasteiger partial charge on any atom is 0.250 e. The van der Waals surface area contributed by atoms with E-state index >= 15 is 0 Å². The van der Waals surface area contributed by atoms with Gasteiger partial charge < -0.3 is 14.0 Å². The average molecular weight is 369 g/mol. The number of aliphatic hydroxyl groups is 1. The van der Waals surface area contributed by atoms with Gasteiger partial charge in [0.1, 0.15) is 11.5 Å². The van der Waals surface area contributed by atoms with Crippen molar-refractivity contribution < 1.29 is 14.0 Å². The lowest BCUT2D eigenvalue weighted by Crippen LogP contribution is -2.45. The predicted molar refractivity (Wildman–Crippen MR) is 108 cm³/mol. The van der Waals surface area contributed by atoms with Gasteiger partial charge in [-0.1, -0.05) is 47.6 Å². The molecule has 24 heavy (non-hydrogen) atoms. The molecule has 3 nitrogen and oxygen atoms in total. The molecule has 138 valence electrons. The van der Waals surface area contributed by atoms with Crippen molar-refractivity contribution in [2.45, 2.75) is 84.4 Å². The van der Waals surface area contributed by atoms with Crippen molar-refractivity contribution in [2.24, 2.45) is 0 Å². The Morgan fingerprint density at radius 2 is 1.21 bits per heavy atom. The molecule has 0 fully saturated rings. The second kappa shape index (κ2) is 6.85. The minimum Gasteiger partial charge on any atom is -0.541 e. The highest BCUT2D eigenvalue weighted by Crippen LogP contribution is 2.43.